The molecule has 2 aromatic carbocycles. The Morgan fingerprint density at radius 3 is 2.41 bits per heavy atom. The molecule has 0 saturated carbocycles. The quantitative estimate of drug-likeness (QED) is 0.548. The molecule has 0 saturated heterocycles. The fourth-order valence-electron chi connectivity index (χ4n) is 2.28. The second kappa shape index (κ2) is 7.64. The van der Waals surface area contributed by atoms with Gasteiger partial charge in [0.05, 0.1) is 10.5 Å². The molecule has 0 amide bonds. The summed E-state index contributed by atoms with van der Waals surface area (Å²) in [6, 6.07) is 11.3. The van der Waals surface area contributed by atoms with Crippen molar-refractivity contribution in [2.45, 2.75) is 6.36 Å². The first-order chi connectivity index (χ1) is 12.7. The highest BCUT2D eigenvalue weighted by Gasteiger charge is 2.30. The number of rotatable bonds is 5. The first-order valence-corrected chi connectivity index (χ1v) is 8.98. The van der Waals surface area contributed by atoms with Crippen molar-refractivity contribution in [1.29, 1.82) is 0 Å². The standard InChI is InChI=1S/C16H11ClF3N2O4P/c17-13-8-12(26-27(23)24)7-9-1-6-14(22-15(9)13)21-10-2-4-11(5-3-10)25-16(18,19)20/h1-8,27H,(H,21,22)(H,23,24). The molecule has 0 radical (unpaired) electrons. The van der Waals surface area contributed by atoms with Gasteiger partial charge in [-0.25, -0.2) is 9.55 Å². The number of ether oxygens (including phenoxy) is 1. The molecule has 1 unspecified atom stereocenters. The highest BCUT2D eigenvalue weighted by molar-refractivity contribution is 7.32. The van der Waals surface area contributed by atoms with Crippen LogP contribution in [-0.2, 0) is 4.57 Å². The molecule has 0 bridgehead atoms. The van der Waals surface area contributed by atoms with E-state index in [1.54, 1.807) is 12.1 Å². The molecule has 0 spiro atoms. The molecule has 1 atom stereocenters. The molecule has 142 valence electrons. The Balaban J connectivity index is 1.81. The number of alkyl halides is 3. The number of nitrogens with zero attached hydrogens (tertiary/aromatic N) is 1. The Kier molecular flexibility index (Phi) is 5.46. The zero-order valence-electron chi connectivity index (χ0n) is 13.2. The van der Waals surface area contributed by atoms with Crippen molar-refractivity contribution in [2.75, 3.05) is 5.32 Å². The van der Waals surface area contributed by atoms with Gasteiger partial charge in [-0.1, -0.05) is 11.6 Å². The highest BCUT2D eigenvalue weighted by atomic mass is 35.5. The molecule has 27 heavy (non-hydrogen) atoms. The highest BCUT2D eigenvalue weighted by Crippen LogP contribution is 2.33. The predicted octanol–water partition coefficient (Wildman–Crippen LogP) is 5.29. The van der Waals surface area contributed by atoms with Crippen molar-refractivity contribution in [3.63, 3.8) is 0 Å². The van der Waals surface area contributed by atoms with Crippen molar-refractivity contribution < 1.29 is 31.9 Å². The maximum atomic E-state index is 12.2. The molecule has 0 aliphatic heterocycles. The molecule has 1 heterocycles. The van der Waals surface area contributed by atoms with Crippen LogP contribution in [0.5, 0.6) is 11.5 Å². The summed E-state index contributed by atoms with van der Waals surface area (Å²) in [5.41, 5.74) is 0.912. The number of pyridine rings is 1. The second-order valence-electron chi connectivity index (χ2n) is 5.24. The van der Waals surface area contributed by atoms with E-state index in [2.05, 4.69) is 15.0 Å². The lowest BCUT2D eigenvalue weighted by molar-refractivity contribution is -0.274. The first kappa shape index (κ1) is 19.3. The summed E-state index contributed by atoms with van der Waals surface area (Å²) in [6.45, 7) is 0. The number of hydrogen-bond acceptors (Lipinski definition) is 5. The van der Waals surface area contributed by atoms with Gasteiger partial charge in [0, 0.05) is 17.1 Å². The molecule has 11 heteroatoms. The van der Waals surface area contributed by atoms with Crippen LogP contribution in [-0.4, -0.2) is 16.2 Å². The minimum Gasteiger partial charge on any atom is -0.426 e. The van der Waals surface area contributed by atoms with Crippen molar-refractivity contribution >= 4 is 42.3 Å². The molecule has 0 fully saturated rings. The van der Waals surface area contributed by atoms with Gasteiger partial charge >= 0.3 is 14.6 Å². The van der Waals surface area contributed by atoms with Crippen molar-refractivity contribution in [3.8, 4) is 11.5 Å². The van der Waals surface area contributed by atoms with Crippen LogP contribution in [0.4, 0.5) is 24.7 Å². The van der Waals surface area contributed by atoms with Crippen LogP contribution < -0.4 is 14.6 Å². The van der Waals surface area contributed by atoms with Gasteiger partial charge in [-0.15, -0.1) is 13.2 Å². The van der Waals surface area contributed by atoms with Crippen LogP contribution in [0.2, 0.25) is 5.02 Å². The van der Waals surface area contributed by atoms with E-state index < -0.39 is 14.6 Å². The van der Waals surface area contributed by atoms with E-state index in [4.69, 9.17) is 21.0 Å². The monoisotopic (exact) mass is 418 g/mol. The summed E-state index contributed by atoms with van der Waals surface area (Å²) in [5.74, 6) is 0.207. The van der Waals surface area contributed by atoms with Gasteiger partial charge in [0.25, 0.3) is 0 Å². The number of benzene rings is 2. The third kappa shape index (κ3) is 5.26. The van der Waals surface area contributed by atoms with Crippen LogP contribution in [0, 0.1) is 0 Å². The van der Waals surface area contributed by atoms with Gasteiger partial charge in [0.1, 0.15) is 17.3 Å². The smallest absolute Gasteiger partial charge is 0.426 e. The SMILES string of the molecule is O=[PH](O)Oc1cc(Cl)c2nc(Nc3ccc(OC(F)(F)F)cc3)ccc2c1. The zero-order chi connectivity index (χ0) is 19.6. The van der Waals surface area contributed by atoms with Gasteiger partial charge < -0.3 is 19.5 Å². The lowest BCUT2D eigenvalue weighted by Gasteiger charge is -2.11. The largest absolute Gasteiger partial charge is 0.573 e. The van der Waals surface area contributed by atoms with Gasteiger partial charge in [-0.2, -0.15) is 0 Å². The average molecular weight is 419 g/mol. The Morgan fingerprint density at radius 2 is 1.78 bits per heavy atom. The summed E-state index contributed by atoms with van der Waals surface area (Å²) < 4.78 is 55.9. The van der Waals surface area contributed by atoms with Crippen LogP contribution >= 0.6 is 19.9 Å². The Morgan fingerprint density at radius 1 is 1.07 bits per heavy atom. The van der Waals surface area contributed by atoms with Gasteiger partial charge in [-0.05, 0) is 42.5 Å². The predicted molar refractivity (Wildman–Crippen MR) is 95.0 cm³/mol. The summed E-state index contributed by atoms with van der Waals surface area (Å²) in [7, 11) is -3.16. The fraction of sp³-hybridized carbons (Fsp3) is 0.0625. The minimum atomic E-state index is -4.75. The van der Waals surface area contributed by atoms with E-state index in [1.165, 1.54) is 36.4 Å². The molecule has 2 N–H and O–H groups in total. The summed E-state index contributed by atoms with van der Waals surface area (Å²) >= 11 is 6.14. The van der Waals surface area contributed by atoms with E-state index in [9.17, 15) is 17.7 Å². The molecule has 0 aliphatic rings. The van der Waals surface area contributed by atoms with E-state index in [0.717, 1.165) is 0 Å². The summed E-state index contributed by atoms with van der Waals surface area (Å²) in [5, 5.41) is 3.73. The van der Waals surface area contributed by atoms with Gasteiger partial charge in [-0.3, -0.25) is 0 Å². The number of hydrogen-bond donors (Lipinski definition) is 2. The number of aromatic nitrogens is 1. The maximum absolute atomic E-state index is 12.2. The lowest BCUT2D eigenvalue weighted by atomic mass is 10.2. The Hall–Kier alpha value is -2.48. The molecule has 1 aromatic heterocycles. The number of nitrogens with one attached hydrogen (secondary N) is 1. The number of fused-ring (bicyclic) bond motifs is 1. The Bertz CT molecular complexity index is 999. The first-order valence-electron chi connectivity index (χ1n) is 7.33. The third-order valence-corrected chi connectivity index (χ3v) is 3.98. The second-order valence-corrected chi connectivity index (χ2v) is 6.38. The zero-order valence-corrected chi connectivity index (χ0v) is 15.0. The summed E-state index contributed by atoms with van der Waals surface area (Å²) in [6.07, 6.45) is -4.75. The molecular weight excluding hydrogens is 408 g/mol. The number of anilines is 2. The lowest BCUT2D eigenvalue weighted by Crippen LogP contribution is -2.16. The minimum absolute atomic E-state index is 0.140. The van der Waals surface area contributed by atoms with Crippen LogP contribution in [0.3, 0.4) is 0 Å². The van der Waals surface area contributed by atoms with E-state index in [-0.39, 0.29) is 16.5 Å². The fourth-order valence-corrected chi connectivity index (χ4v) is 2.86. The van der Waals surface area contributed by atoms with Crippen LogP contribution in [0.1, 0.15) is 0 Å². The number of halogens is 4. The van der Waals surface area contributed by atoms with E-state index >= 15 is 0 Å². The van der Waals surface area contributed by atoms with E-state index in [1.807, 2.05) is 0 Å². The van der Waals surface area contributed by atoms with Crippen molar-refractivity contribution in [2.24, 2.45) is 0 Å². The van der Waals surface area contributed by atoms with Gasteiger partial charge in [0.2, 0.25) is 0 Å². The maximum Gasteiger partial charge on any atom is 0.573 e. The Labute approximate surface area is 156 Å². The third-order valence-electron chi connectivity index (χ3n) is 3.28. The average Bonchev–Trinajstić information content (AvgIpc) is 2.55. The van der Waals surface area contributed by atoms with Gasteiger partial charge in [0.15, 0.2) is 0 Å². The topological polar surface area (TPSA) is 80.7 Å². The van der Waals surface area contributed by atoms with Crippen molar-refractivity contribution in [3.05, 3.63) is 53.6 Å². The summed E-state index contributed by atoms with van der Waals surface area (Å²) in [4.78, 5) is 13.2. The molecule has 6 nitrogen and oxygen atoms in total. The van der Waals surface area contributed by atoms with E-state index in [0.29, 0.717) is 22.4 Å². The molecule has 3 aromatic rings. The van der Waals surface area contributed by atoms with Crippen LogP contribution in [0.15, 0.2) is 48.5 Å². The normalized spacial score (nSPS) is 12.6. The van der Waals surface area contributed by atoms with Crippen LogP contribution in [0.25, 0.3) is 10.9 Å². The molecule has 3 rings (SSSR count). The molecule has 0 aliphatic carbocycles. The molecular formula is C16H11ClF3N2O4P. The van der Waals surface area contributed by atoms with Crippen molar-refractivity contribution in [1.82, 2.24) is 4.98 Å².